The zero-order chi connectivity index (χ0) is 17.0. The second-order valence-corrected chi connectivity index (χ2v) is 7.68. The van der Waals surface area contributed by atoms with Crippen LogP contribution in [-0.2, 0) is 16.1 Å². The lowest BCUT2D eigenvalue weighted by molar-refractivity contribution is -0.129. The van der Waals surface area contributed by atoms with Crippen LogP contribution >= 0.6 is 11.8 Å². The van der Waals surface area contributed by atoms with Gasteiger partial charge in [0.1, 0.15) is 5.54 Å². The molecular weight excluding hydrogens is 322 g/mol. The number of hydrogen-bond donors (Lipinski definition) is 1. The van der Waals surface area contributed by atoms with Gasteiger partial charge in [0.2, 0.25) is 11.8 Å². The van der Waals surface area contributed by atoms with Gasteiger partial charge in [-0.1, -0.05) is 30.3 Å². The second-order valence-electron chi connectivity index (χ2n) is 6.46. The highest BCUT2D eigenvalue weighted by molar-refractivity contribution is 7.99. The zero-order valence-electron chi connectivity index (χ0n) is 13.5. The van der Waals surface area contributed by atoms with Gasteiger partial charge >= 0.3 is 0 Å². The van der Waals surface area contributed by atoms with Gasteiger partial charge in [-0.05, 0) is 29.9 Å². The molecule has 2 amide bonds. The van der Waals surface area contributed by atoms with E-state index in [1.807, 2.05) is 42.1 Å². The molecule has 1 atom stereocenters. The lowest BCUT2D eigenvalue weighted by Gasteiger charge is -2.32. The summed E-state index contributed by atoms with van der Waals surface area (Å²) in [4.78, 5) is 26.5. The molecule has 0 aliphatic carbocycles. The molecule has 2 aliphatic rings. The molecule has 0 spiro atoms. The van der Waals surface area contributed by atoms with E-state index >= 15 is 0 Å². The van der Waals surface area contributed by atoms with Crippen LogP contribution in [0.5, 0.6) is 0 Å². The van der Waals surface area contributed by atoms with Crippen molar-refractivity contribution in [2.75, 3.05) is 18.1 Å². The molecular formula is C18H21N3O2S. The van der Waals surface area contributed by atoms with Crippen LogP contribution in [0.4, 0.5) is 0 Å². The zero-order valence-corrected chi connectivity index (χ0v) is 14.3. The van der Waals surface area contributed by atoms with E-state index in [9.17, 15) is 14.9 Å². The van der Waals surface area contributed by atoms with E-state index in [-0.39, 0.29) is 24.2 Å². The molecule has 2 saturated heterocycles. The van der Waals surface area contributed by atoms with Crippen molar-refractivity contribution in [3.05, 3.63) is 35.9 Å². The fraction of sp³-hybridized carbons (Fsp3) is 0.500. The van der Waals surface area contributed by atoms with Crippen LogP contribution in [0, 0.1) is 17.2 Å². The average Bonchev–Trinajstić information content (AvgIpc) is 2.97. The second kappa shape index (κ2) is 7.27. The number of nitriles is 1. The lowest BCUT2D eigenvalue weighted by atomic mass is 9.93. The molecule has 0 aromatic heterocycles. The Hall–Kier alpha value is -2.00. The summed E-state index contributed by atoms with van der Waals surface area (Å²) in [6, 6.07) is 12.1. The first-order valence-electron chi connectivity index (χ1n) is 8.25. The topological polar surface area (TPSA) is 73.2 Å². The van der Waals surface area contributed by atoms with Crippen molar-refractivity contribution >= 4 is 23.6 Å². The number of thioether (sulfide) groups is 1. The van der Waals surface area contributed by atoms with Crippen LogP contribution in [0.25, 0.3) is 0 Å². The molecule has 5 nitrogen and oxygen atoms in total. The summed E-state index contributed by atoms with van der Waals surface area (Å²) in [6.45, 7) is 0.958. The monoisotopic (exact) mass is 343 g/mol. The number of likely N-dealkylation sites (tertiary alicyclic amines) is 1. The molecule has 2 aliphatic heterocycles. The van der Waals surface area contributed by atoms with Crippen LogP contribution < -0.4 is 5.32 Å². The standard InChI is InChI=1S/C18H21N3O2S/c19-13-18(6-8-24-9-7-18)20-17(23)15-10-16(22)21(12-15)11-14-4-2-1-3-5-14/h1-5,15H,6-12H2,(H,20,23)/t15-/m0/s1. The van der Waals surface area contributed by atoms with E-state index in [4.69, 9.17) is 0 Å². The summed E-state index contributed by atoms with van der Waals surface area (Å²) in [6.07, 6.45) is 1.58. The summed E-state index contributed by atoms with van der Waals surface area (Å²) in [5.74, 6) is 1.26. The predicted octanol–water partition coefficient (Wildman–Crippen LogP) is 1.94. The summed E-state index contributed by atoms with van der Waals surface area (Å²) < 4.78 is 0. The van der Waals surface area contributed by atoms with Crippen LogP contribution in [0.1, 0.15) is 24.8 Å². The Bertz CT molecular complexity index is 650. The third-order valence-electron chi connectivity index (χ3n) is 4.72. The van der Waals surface area contributed by atoms with Crippen molar-refractivity contribution in [1.82, 2.24) is 10.2 Å². The van der Waals surface area contributed by atoms with Gasteiger partial charge in [0.15, 0.2) is 0 Å². The van der Waals surface area contributed by atoms with Crippen LogP contribution in [0.2, 0.25) is 0 Å². The normalized spacial score (nSPS) is 22.9. The Morgan fingerprint density at radius 3 is 2.71 bits per heavy atom. The van der Waals surface area contributed by atoms with E-state index in [0.717, 1.165) is 17.1 Å². The molecule has 2 heterocycles. The Labute approximate surface area is 146 Å². The first-order chi connectivity index (χ1) is 11.6. The van der Waals surface area contributed by atoms with Gasteiger partial charge in [-0.25, -0.2) is 0 Å². The number of benzene rings is 1. The molecule has 1 N–H and O–H groups in total. The fourth-order valence-corrected chi connectivity index (χ4v) is 4.42. The predicted molar refractivity (Wildman–Crippen MR) is 93.0 cm³/mol. The maximum Gasteiger partial charge on any atom is 0.226 e. The van der Waals surface area contributed by atoms with Gasteiger partial charge in [0.25, 0.3) is 0 Å². The van der Waals surface area contributed by atoms with Crippen LogP contribution in [0.15, 0.2) is 30.3 Å². The Morgan fingerprint density at radius 1 is 1.33 bits per heavy atom. The van der Waals surface area contributed by atoms with Crippen molar-refractivity contribution < 1.29 is 9.59 Å². The van der Waals surface area contributed by atoms with Crippen molar-refractivity contribution in [2.24, 2.45) is 5.92 Å². The van der Waals surface area contributed by atoms with E-state index < -0.39 is 5.54 Å². The van der Waals surface area contributed by atoms with Crippen LogP contribution in [-0.4, -0.2) is 40.3 Å². The Morgan fingerprint density at radius 2 is 2.04 bits per heavy atom. The quantitative estimate of drug-likeness (QED) is 0.907. The molecule has 3 rings (SSSR count). The largest absolute Gasteiger partial charge is 0.338 e. The SMILES string of the molecule is N#CC1(NC(=O)[C@H]2CC(=O)N(Cc3ccccc3)C2)CCSCC1. The van der Waals surface area contributed by atoms with E-state index in [1.165, 1.54) is 0 Å². The molecule has 2 fully saturated rings. The van der Waals surface area contributed by atoms with E-state index in [1.54, 1.807) is 4.90 Å². The highest BCUT2D eigenvalue weighted by Crippen LogP contribution is 2.28. The molecule has 0 saturated carbocycles. The van der Waals surface area contributed by atoms with Crippen LogP contribution in [0.3, 0.4) is 0 Å². The number of nitrogens with one attached hydrogen (secondary N) is 1. The highest BCUT2D eigenvalue weighted by atomic mass is 32.2. The maximum atomic E-state index is 12.6. The molecule has 0 radical (unpaired) electrons. The smallest absolute Gasteiger partial charge is 0.226 e. The number of hydrogen-bond acceptors (Lipinski definition) is 4. The molecule has 6 heteroatoms. The van der Waals surface area contributed by atoms with Gasteiger partial charge in [-0.15, -0.1) is 0 Å². The molecule has 24 heavy (non-hydrogen) atoms. The van der Waals surface area contributed by atoms with Gasteiger partial charge < -0.3 is 10.2 Å². The molecule has 1 aromatic rings. The highest BCUT2D eigenvalue weighted by Gasteiger charge is 2.39. The maximum absolute atomic E-state index is 12.6. The molecule has 1 aromatic carbocycles. The first kappa shape index (κ1) is 16.8. The third-order valence-corrected chi connectivity index (χ3v) is 5.71. The number of nitrogens with zero attached hydrogens (tertiary/aromatic N) is 2. The third kappa shape index (κ3) is 3.73. The Kier molecular flexibility index (Phi) is 5.10. The van der Waals surface area contributed by atoms with Crippen molar-refractivity contribution in [3.8, 4) is 6.07 Å². The number of rotatable bonds is 4. The molecule has 0 unspecified atom stereocenters. The lowest BCUT2D eigenvalue weighted by Crippen LogP contribution is -2.51. The summed E-state index contributed by atoms with van der Waals surface area (Å²) in [5.41, 5.74) is 0.308. The van der Waals surface area contributed by atoms with Crippen molar-refractivity contribution in [2.45, 2.75) is 31.3 Å². The van der Waals surface area contributed by atoms with Gasteiger partial charge in [-0.3, -0.25) is 9.59 Å². The summed E-state index contributed by atoms with van der Waals surface area (Å²) >= 11 is 1.81. The summed E-state index contributed by atoms with van der Waals surface area (Å²) in [7, 11) is 0. The van der Waals surface area contributed by atoms with Crippen molar-refractivity contribution in [1.29, 1.82) is 5.26 Å². The number of amides is 2. The molecule has 0 bridgehead atoms. The first-order valence-corrected chi connectivity index (χ1v) is 9.40. The minimum atomic E-state index is -0.752. The number of carbonyl (C=O) groups excluding carboxylic acids is 2. The average molecular weight is 343 g/mol. The molecule has 126 valence electrons. The Balaban J connectivity index is 1.60. The van der Waals surface area contributed by atoms with E-state index in [0.29, 0.717) is 25.9 Å². The van der Waals surface area contributed by atoms with Gasteiger partial charge in [-0.2, -0.15) is 17.0 Å². The fourth-order valence-electron chi connectivity index (χ4n) is 3.23. The van der Waals surface area contributed by atoms with Crippen molar-refractivity contribution in [3.63, 3.8) is 0 Å². The van der Waals surface area contributed by atoms with Gasteiger partial charge in [0.05, 0.1) is 12.0 Å². The minimum Gasteiger partial charge on any atom is -0.338 e. The minimum absolute atomic E-state index is 0.00390. The number of carbonyl (C=O) groups is 2. The van der Waals surface area contributed by atoms with Gasteiger partial charge in [0, 0.05) is 19.5 Å². The summed E-state index contributed by atoms with van der Waals surface area (Å²) in [5, 5.41) is 12.4. The van der Waals surface area contributed by atoms with E-state index in [2.05, 4.69) is 11.4 Å².